The second kappa shape index (κ2) is 7.82. The molecule has 1 aromatic heterocycles. The summed E-state index contributed by atoms with van der Waals surface area (Å²) in [6, 6.07) is 16.9. The van der Waals surface area contributed by atoms with Crippen molar-refractivity contribution >= 4 is 17.4 Å². The van der Waals surface area contributed by atoms with Crippen LogP contribution in [0, 0.1) is 13.8 Å². The molecule has 1 amide bonds. The number of rotatable bonds is 5. The molecule has 3 rings (SSSR count). The molecule has 0 unspecified atom stereocenters. The van der Waals surface area contributed by atoms with Gasteiger partial charge in [0.15, 0.2) is 11.5 Å². The van der Waals surface area contributed by atoms with Crippen molar-refractivity contribution in [3.63, 3.8) is 0 Å². The van der Waals surface area contributed by atoms with E-state index in [-0.39, 0.29) is 5.91 Å². The first-order valence-corrected chi connectivity index (χ1v) is 8.58. The second-order valence-electron chi connectivity index (χ2n) is 6.39. The molecular weight excluding hydrogens is 340 g/mol. The molecule has 0 fully saturated rings. The zero-order valence-electron chi connectivity index (χ0n) is 15.8. The summed E-state index contributed by atoms with van der Waals surface area (Å²) in [6.45, 7) is 3.86. The molecule has 0 bridgehead atoms. The van der Waals surface area contributed by atoms with Crippen molar-refractivity contribution in [1.29, 1.82) is 0 Å². The van der Waals surface area contributed by atoms with E-state index in [0.29, 0.717) is 22.8 Å². The Kier molecular flexibility index (Phi) is 5.30. The van der Waals surface area contributed by atoms with Crippen molar-refractivity contribution in [2.45, 2.75) is 13.8 Å². The third-order valence-corrected chi connectivity index (χ3v) is 3.90. The minimum atomic E-state index is -0.231. The molecule has 3 aromatic rings. The Morgan fingerprint density at radius 2 is 1.70 bits per heavy atom. The first-order chi connectivity index (χ1) is 13.0. The molecule has 1 heterocycles. The zero-order chi connectivity index (χ0) is 19.4. The third kappa shape index (κ3) is 4.20. The Hall–Kier alpha value is -3.48. The van der Waals surface area contributed by atoms with E-state index in [1.165, 1.54) is 0 Å². The van der Waals surface area contributed by atoms with Crippen molar-refractivity contribution in [1.82, 2.24) is 14.8 Å². The normalized spacial score (nSPS) is 11.0. The molecule has 27 heavy (non-hydrogen) atoms. The van der Waals surface area contributed by atoms with Gasteiger partial charge in [-0.25, -0.2) is 4.68 Å². The highest BCUT2D eigenvalue weighted by Gasteiger charge is 2.19. The first kappa shape index (κ1) is 18.3. The predicted molar refractivity (Wildman–Crippen MR) is 106 cm³/mol. The van der Waals surface area contributed by atoms with E-state index >= 15 is 0 Å². The van der Waals surface area contributed by atoms with Crippen molar-refractivity contribution in [2.24, 2.45) is 10.3 Å². The topological polar surface area (TPSA) is 74.9 Å². The van der Waals surface area contributed by atoms with Crippen LogP contribution < -0.4 is 5.32 Å². The van der Waals surface area contributed by atoms with Crippen LogP contribution in [0.15, 0.2) is 64.9 Å². The number of carbonyl (C=O) groups excluding carboxylic acids is 1. The maximum absolute atomic E-state index is 12.7. The molecule has 0 saturated carbocycles. The highest BCUT2D eigenvalue weighted by Crippen LogP contribution is 2.32. The van der Waals surface area contributed by atoms with E-state index in [0.717, 1.165) is 11.3 Å². The minimum absolute atomic E-state index is 0.231. The van der Waals surface area contributed by atoms with Crippen molar-refractivity contribution in [3.8, 4) is 5.69 Å². The molecule has 0 saturated heterocycles. The fourth-order valence-corrected chi connectivity index (χ4v) is 2.53. The summed E-state index contributed by atoms with van der Waals surface area (Å²) < 4.78 is 1.68. The average molecular weight is 362 g/mol. The summed E-state index contributed by atoms with van der Waals surface area (Å²) in [7, 11) is 3.57. The lowest BCUT2D eigenvalue weighted by atomic mass is 10.2. The Labute approximate surface area is 158 Å². The van der Waals surface area contributed by atoms with Crippen LogP contribution in [0.4, 0.5) is 11.5 Å². The maximum atomic E-state index is 12.7. The smallest absolute Gasteiger partial charge is 0.256 e. The van der Waals surface area contributed by atoms with Crippen LogP contribution in [0.3, 0.4) is 0 Å². The number of anilines is 1. The predicted octanol–water partition coefficient (Wildman–Crippen LogP) is 4.30. The number of hydrogen-bond acceptors (Lipinski definition) is 4. The molecule has 7 nitrogen and oxygen atoms in total. The van der Waals surface area contributed by atoms with Crippen LogP contribution in [-0.2, 0) is 0 Å². The Balaban J connectivity index is 2.07. The number of aryl methyl sites for hydroxylation is 2. The standard InChI is InChI=1S/C20H22N6O/c1-14-10-12-17(13-11-14)26-19(18(15(2)23-26)22-24-25(3)4)21-20(27)16-8-6-5-7-9-16/h5-13H,1-4H3,(H,21,27). The Morgan fingerprint density at radius 1 is 1.04 bits per heavy atom. The lowest BCUT2D eigenvalue weighted by molar-refractivity contribution is 0.102. The van der Waals surface area contributed by atoms with Gasteiger partial charge in [-0.3, -0.25) is 9.80 Å². The molecule has 1 N–H and O–H groups in total. The molecular formula is C20H22N6O. The van der Waals surface area contributed by atoms with Crippen LogP contribution in [0.2, 0.25) is 0 Å². The van der Waals surface area contributed by atoms with Crippen molar-refractivity contribution < 1.29 is 4.79 Å². The van der Waals surface area contributed by atoms with Gasteiger partial charge in [-0.1, -0.05) is 41.1 Å². The van der Waals surface area contributed by atoms with E-state index in [1.54, 1.807) is 35.9 Å². The monoisotopic (exact) mass is 362 g/mol. The fourth-order valence-electron chi connectivity index (χ4n) is 2.53. The summed E-state index contributed by atoms with van der Waals surface area (Å²) in [5, 5.41) is 17.4. The summed E-state index contributed by atoms with van der Waals surface area (Å²) >= 11 is 0. The molecule has 0 spiro atoms. The van der Waals surface area contributed by atoms with Crippen LogP contribution in [-0.4, -0.2) is 34.8 Å². The maximum Gasteiger partial charge on any atom is 0.256 e. The van der Waals surface area contributed by atoms with Gasteiger partial charge >= 0.3 is 0 Å². The quantitative estimate of drug-likeness (QED) is 0.543. The van der Waals surface area contributed by atoms with Gasteiger partial charge in [0.05, 0.1) is 11.4 Å². The van der Waals surface area contributed by atoms with Gasteiger partial charge in [0.1, 0.15) is 0 Å². The van der Waals surface area contributed by atoms with E-state index in [1.807, 2.05) is 56.3 Å². The Bertz CT molecular complexity index is 958. The molecule has 0 radical (unpaired) electrons. The first-order valence-electron chi connectivity index (χ1n) is 8.58. The largest absolute Gasteiger partial charge is 0.305 e. The number of nitrogens with zero attached hydrogens (tertiary/aromatic N) is 5. The molecule has 0 aliphatic carbocycles. The third-order valence-electron chi connectivity index (χ3n) is 3.90. The van der Waals surface area contributed by atoms with Gasteiger partial charge < -0.3 is 5.32 Å². The van der Waals surface area contributed by atoms with E-state index in [4.69, 9.17) is 0 Å². The molecule has 138 valence electrons. The van der Waals surface area contributed by atoms with Crippen LogP contribution in [0.5, 0.6) is 0 Å². The summed E-state index contributed by atoms with van der Waals surface area (Å²) in [4.78, 5) is 12.7. The lowest BCUT2D eigenvalue weighted by Crippen LogP contribution is -2.15. The van der Waals surface area contributed by atoms with E-state index in [2.05, 4.69) is 20.8 Å². The van der Waals surface area contributed by atoms with Gasteiger partial charge in [0.2, 0.25) is 0 Å². The molecule has 2 aromatic carbocycles. The number of hydrogen-bond donors (Lipinski definition) is 1. The highest BCUT2D eigenvalue weighted by molar-refractivity contribution is 6.05. The second-order valence-corrected chi connectivity index (χ2v) is 6.39. The van der Waals surface area contributed by atoms with E-state index < -0.39 is 0 Å². The average Bonchev–Trinajstić information content (AvgIpc) is 2.96. The molecule has 0 aliphatic rings. The van der Waals surface area contributed by atoms with Gasteiger partial charge in [0.25, 0.3) is 5.91 Å². The number of benzene rings is 2. The van der Waals surface area contributed by atoms with Crippen molar-refractivity contribution in [2.75, 3.05) is 19.4 Å². The van der Waals surface area contributed by atoms with Gasteiger partial charge in [-0.2, -0.15) is 5.10 Å². The number of aromatic nitrogens is 2. The van der Waals surface area contributed by atoms with Crippen LogP contribution in [0.1, 0.15) is 21.6 Å². The van der Waals surface area contributed by atoms with Gasteiger partial charge in [-0.15, -0.1) is 5.11 Å². The highest BCUT2D eigenvalue weighted by atomic mass is 16.1. The SMILES string of the molecule is Cc1ccc(-n2nc(C)c(N=NN(C)C)c2NC(=O)c2ccccc2)cc1. The Morgan fingerprint density at radius 3 is 2.33 bits per heavy atom. The van der Waals surface area contributed by atoms with E-state index in [9.17, 15) is 4.79 Å². The summed E-state index contributed by atoms with van der Waals surface area (Å²) in [5.41, 5.74) is 3.73. The van der Waals surface area contributed by atoms with Gasteiger partial charge in [-0.05, 0) is 38.1 Å². The summed E-state index contributed by atoms with van der Waals surface area (Å²) in [5.74, 6) is 0.251. The van der Waals surface area contributed by atoms with Gasteiger partial charge in [0, 0.05) is 19.7 Å². The number of carbonyl (C=O) groups is 1. The minimum Gasteiger partial charge on any atom is -0.305 e. The fraction of sp³-hybridized carbons (Fsp3) is 0.200. The molecule has 7 heteroatoms. The van der Waals surface area contributed by atoms with Crippen LogP contribution in [0.25, 0.3) is 5.69 Å². The van der Waals surface area contributed by atoms with Crippen molar-refractivity contribution in [3.05, 3.63) is 71.4 Å². The van der Waals surface area contributed by atoms with Crippen LogP contribution >= 0.6 is 0 Å². The summed E-state index contributed by atoms with van der Waals surface area (Å²) in [6.07, 6.45) is 0. The zero-order valence-corrected chi connectivity index (χ0v) is 15.8. The lowest BCUT2D eigenvalue weighted by Gasteiger charge is -2.10. The molecule has 0 aliphatic heterocycles. The number of nitrogens with one attached hydrogen (secondary N) is 1. The molecule has 0 atom stereocenters. The number of amides is 1.